The third-order valence-electron chi connectivity index (χ3n) is 3.74. The van der Waals surface area contributed by atoms with Gasteiger partial charge in [-0.05, 0) is 55.9 Å². The van der Waals surface area contributed by atoms with Crippen LogP contribution in [0, 0.1) is 19.8 Å². The van der Waals surface area contributed by atoms with Crippen molar-refractivity contribution in [1.82, 2.24) is 4.31 Å². The highest BCUT2D eigenvalue weighted by Gasteiger charge is 2.27. The van der Waals surface area contributed by atoms with Crippen LogP contribution in [-0.4, -0.2) is 30.9 Å². The van der Waals surface area contributed by atoms with Gasteiger partial charge in [0.2, 0.25) is 0 Å². The fourth-order valence-electron chi connectivity index (χ4n) is 2.48. The Morgan fingerprint density at radius 2 is 2.00 bits per heavy atom. The highest BCUT2D eigenvalue weighted by Crippen LogP contribution is 2.27. The van der Waals surface area contributed by atoms with Crippen LogP contribution in [0.2, 0.25) is 0 Å². The number of rotatable bonds is 3. The van der Waals surface area contributed by atoms with E-state index >= 15 is 0 Å². The molecule has 1 aliphatic heterocycles. The van der Waals surface area contributed by atoms with Gasteiger partial charge in [-0.2, -0.15) is 12.7 Å². The van der Waals surface area contributed by atoms with Crippen LogP contribution in [0.25, 0.3) is 0 Å². The van der Waals surface area contributed by atoms with E-state index in [1.54, 1.807) is 26.0 Å². The predicted octanol–water partition coefficient (Wildman–Crippen LogP) is 2.40. The Kier molecular flexibility index (Phi) is 4.25. The number of nitrogens with zero attached hydrogens (tertiary/aromatic N) is 1. The third kappa shape index (κ3) is 3.24. The van der Waals surface area contributed by atoms with Crippen molar-refractivity contribution in [3.8, 4) is 5.75 Å². The molecular formula is C14H22N2O3S. The van der Waals surface area contributed by atoms with E-state index in [0.717, 1.165) is 12.8 Å². The Morgan fingerprint density at radius 3 is 2.65 bits per heavy atom. The molecule has 2 N–H and O–H groups in total. The molecule has 1 aromatic rings. The summed E-state index contributed by atoms with van der Waals surface area (Å²) in [6.07, 6.45) is 1.97. The van der Waals surface area contributed by atoms with Gasteiger partial charge in [-0.25, -0.2) is 0 Å². The van der Waals surface area contributed by atoms with E-state index in [-0.39, 0.29) is 5.75 Å². The summed E-state index contributed by atoms with van der Waals surface area (Å²) < 4.78 is 28.9. The van der Waals surface area contributed by atoms with Gasteiger partial charge in [0.15, 0.2) is 0 Å². The zero-order valence-electron chi connectivity index (χ0n) is 12.2. The lowest BCUT2D eigenvalue weighted by atomic mass is 10.0. The van der Waals surface area contributed by atoms with Crippen molar-refractivity contribution in [2.75, 3.05) is 17.8 Å². The number of aromatic hydroxyl groups is 1. The number of hydrogen-bond donors (Lipinski definition) is 2. The Hall–Kier alpha value is -1.27. The van der Waals surface area contributed by atoms with Gasteiger partial charge in [0.05, 0.1) is 5.69 Å². The maximum atomic E-state index is 12.4. The Bertz CT molecular complexity index is 599. The molecule has 0 aliphatic carbocycles. The molecule has 0 spiro atoms. The maximum absolute atomic E-state index is 12.4. The van der Waals surface area contributed by atoms with Crippen molar-refractivity contribution in [3.05, 3.63) is 23.3 Å². The van der Waals surface area contributed by atoms with Crippen LogP contribution in [0.15, 0.2) is 12.1 Å². The van der Waals surface area contributed by atoms with Crippen molar-refractivity contribution in [2.24, 2.45) is 5.92 Å². The third-order valence-corrected chi connectivity index (χ3v) is 5.23. The Morgan fingerprint density at radius 1 is 1.30 bits per heavy atom. The minimum absolute atomic E-state index is 0.178. The second kappa shape index (κ2) is 5.61. The van der Waals surface area contributed by atoms with Gasteiger partial charge in [0.25, 0.3) is 0 Å². The largest absolute Gasteiger partial charge is 0.508 e. The second-order valence-corrected chi connectivity index (χ2v) is 7.34. The molecule has 1 aliphatic rings. The summed E-state index contributed by atoms with van der Waals surface area (Å²) in [6, 6.07) is 3.24. The normalized spacial score (nSPS) is 20.9. The first-order valence-electron chi connectivity index (χ1n) is 6.87. The van der Waals surface area contributed by atoms with Gasteiger partial charge in [0, 0.05) is 13.1 Å². The molecule has 112 valence electrons. The van der Waals surface area contributed by atoms with Gasteiger partial charge in [-0.15, -0.1) is 0 Å². The van der Waals surface area contributed by atoms with Crippen LogP contribution in [0.5, 0.6) is 5.75 Å². The summed E-state index contributed by atoms with van der Waals surface area (Å²) in [5.41, 5.74) is 1.89. The number of hydrogen-bond acceptors (Lipinski definition) is 3. The number of nitrogens with one attached hydrogen (secondary N) is 1. The molecule has 1 fully saturated rings. The molecule has 0 aromatic heterocycles. The molecule has 20 heavy (non-hydrogen) atoms. The van der Waals surface area contributed by atoms with Crippen molar-refractivity contribution in [3.63, 3.8) is 0 Å². The molecule has 0 bridgehead atoms. The van der Waals surface area contributed by atoms with Crippen LogP contribution >= 0.6 is 0 Å². The first kappa shape index (κ1) is 15.1. The fourth-order valence-corrected chi connectivity index (χ4v) is 3.93. The van der Waals surface area contributed by atoms with E-state index in [0.29, 0.717) is 35.8 Å². The van der Waals surface area contributed by atoms with E-state index in [1.165, 1.54) is 4.31 Å². The van der Waals surface area contributed by atoms with Crippen molar-refractivity contribution in [1.29, 1.82) is 0 Å². The number of phenols is 1. The topological polar surface area (TPSA) is 69.6 Å². The smallest absolute Gasteiger partial charge is 0.301 e. The minimum Gasteiger partial charge on any atom is -0.508 e. The monoisotopic (exact) mass is 298 g/mol. The highest BCUT2D eigenvalue weighted by atomic mass is 32.2. The number of phenolic OH excluding ortho intramolecular Hbond substituents is 1. The zero-order valence-corrected chi connectivity index (χ0v) is 13.0. The summed E-state index contributed by atoms with van der Waals surface area (Å²) in [4.78, 5) is 0. The van der Waals surface area contributed by atoms with Gasteiger partial charge >= 0.3 is 10.2 Å². The molecule has 2 rings (SSSR count). The van der Waals surface area contributed by atoms with Gasteiger partial charge in [0.1, 0.15) is 5.75 Å². The second-order valence-electron chi connectivity index (χ2n) is 5.67. The molecule has 1 heterocycles. The SMILES string of the molecule is Cc1cc(NS(=O)(=O)N2CCCC(C)C2)c(C)cc1O. The zero-order chi connectivity index (χ0) is 14.9. The van der Waals surface area contributed by atoms with E-state index < -0.39 is 10.2 Å². The molecule has 1 saturated heterocycles. The quantitative estimate of drug-likeness (QED) is 0.842. The van der Waals surface area contributed by atoms with Crippen LogP contribution in [0.4, 0.5) is 5.69 Å². The summed E-state index contributed by atoms with van der Waals surface area (Å²) in [7, 11) is -3.52. The van der Waals surface area contributed by atoms with Crippen molar-refractivity contribution in [2.45, 2.75) is 33.6 Å². The number of anilines is 1. The Balaban J connectivity index is 2.22. The molecule has 1 unspecified atom stereocenters. The van der Waals surface area contributed by atoms with E-state index in [4.69, 9.17) is 0 Å². The van der Waals surface area contributed by atoms with Crippen molar-refractivity contribution >= 4 is 15.9 Å². The molecular weight excluding hydrogens is 276 g/mol. The molecule has 0 saturated carbocycles. The van der Waals surface area contributed by atoms with E-state index in [9.17, 15) is 13.5 Å². The number of piperidine rings is 1. The summed E-state index contributed by atoms with van der Waals surface area (Å²) in [6.45, 7) is 6.71. The molecule has 0 radical (unpaired) electrons. The summed E-state index contributed by atoms with van der Waals surface area (Å²) >= 11 is 0. The van der Waals surface area contributed by atoms with Gasteiger partial charge in [-0.1, -0.05) is 6.92 Å². The van der Waals surface area contributed by atoms with E-state index in [1.807, 2.05) is 0 Å². The first-order chi connectivity index (χ1) is 9.29. The molecule has 0 amide bonds. The minimum atomic E-state index is -3.52. The predicted molar refractivity (Wildman–Crippen MR) is 80.1 cm³/mol. The average molecular weight is 298 g/mol. The molecule has 1 atom stereocenters. The lowest BCUT2D eigenvalue weighted by molar-refractivity contribution is 0.282. The van der Waals surface area contributed by atoms with Crippen LogP contribution < -0.4 is 4.72 Å². The standard InChI is InChI=1S/C14H22N2O3S/c1-10-5-4-6-16(9-10)20(18,19)15-13-7-12(3)14(17)8-11(13)2/h7-8,10,15,17H,4-6,9H2,1-3H3. The number of benzene rings is 1. The molecule has 5 nitrogen and oxygen atoms in total. The van der Waals surface area contributed by atoms with Crippen LogP contribution in [-0.2, 0) is 10.2 Å². The average Bonchev–Trinajstić information content (AvgIpc) is 2.36. The fraction of sp³-hybridized carbons (Fsp3) is 0.571. The first-order valence-corrected chi connectivity index (χ1v) is 8.31. The van der Waals surface area contributed by atoms with Crippen molar-refractivity contribution < 1.29 is 13.5 Å². The van der Waals surface area contributed by atoms with Gasteiger partial charge in [-0.3, -0.25) is 4.72 Å². The molecule has 1 aromatic carbocycles. The lowest BCUT2D eigenvalue weighted by Gasteiger charge is -2.30. The molecule has 6 heteroatoms. The summed E-state index contributed by atoms with van der Waals surface area (Å²) in [5.74, 6) is 0.569. The maximum Gasteiger partial charge on any atom is 0.301 e. The van der Waals surface area contributed by atoms with Crippen LogP contribution in [0.1, 0.15) is 30.9 Å². The number of aryl methyl sites for hydroxylation is 2. The highest BCUT2D eigenvalue weighted by molar-refractivity contribution is 7.90. The van der Waals surface area contributed by atoms with Crippen LogP contribution in [0.3, 0.4) is 0 Å². The van der Waals surface area contributed by atoms with Gasteiger partial charge < -0.3 is 5.11 Å². The Labute approximate surface area is 120 Å². The lowest BCUT2D eigenvalue weighted by Crippen LogP contribution is -2.42. The van der Waals surface area contributed by atoms with E-state index in [2.05, 4.69) is 11.6 Å². The summed E-state index contributed by atoms with van der Waals surface area (Å²) in [5, 5.41) is 9.62.